The van der Waals surface area contributed by atoms with Gasteiger partial charge in [0.25, 0.3) is 11.5 Å². The van der Waals surface area contributed by atoms with Gasteiger partial charge in [-0.25, -0.2) is 0 Å². The highest BCUT2D eigenvalue weighted by Crippen LogP contribution is 2.21. The molecule has 0 aromatic carbocycles. The van der Waals surface area contributed by atoms with Gasteiger partial charge in [0.2, 0.25) is 0 Å². The lowest BCUT2D eigenvalue weighted by atomic mass is 10.00. The number of nitrogens with one attached hydrogen (secondary N) is 1. The highest BCUT2D eigenvalue weighted by molar-refractivity contribution is 5.99. The minimum atomic E-state index is -0.727. The third-order valence-corrected chi connectivity index (χ3v) is 3.36. The molecule has 2 heterocycles. The van der Waals surface area contributed by atoms with E-state index in [2.05, 4.69) is 16.9 Å². The van der Waals surface area contributed by atoms with Crippen molar-refractivity contribution in [2.24, 2.45) is 5.73 Å². The second kappa shape index (κ2) is 6.83. The molecule has 5 heteroatoms. The molecule has 0 saturated heterocycles. The summed E-state index contributed by atoms with van der Waals surface area (Å²) < 4.78 is 0. The van der Waals surface area contributed by atoms with Crippen LogP contribution >= 0.6 is 0 Å². The summed E-state index contributed by atoms with van der Waals surface area (Å²) in [5.74, 6) is -0.727. The molecule has 110 valence electrons. The number of unbranched alkanes of at least 4 members (excludes halogenated alkanes) is 2. The molecule has 0 spiro atoms. The summed E-state index contributed by atoms with van der Waals surface area (Å²) in [4.78, 5) is 30.5. The molecule has 0 bridgehead atoms. The number of nitrogens with two attached hydrogens (primary N) is 1. The molecule has 21 heavy (non-hydrogen) atoms. The van der Waals surface area contributed by atoms with Gasteiger partial charge in [0.1, 0.15) is 5.56 Å². The van der Waals surface area contributed by atoms with Crippen molar-refractivity contribution in [1.82, 2.24) is 9.97 Å². The van der Waals surface area contributed by atoms with Gasteiger partial charge in [-0.05, 0) is 25.0 Å². The van der Waals surface area contributed by atoms with Crippen LogP contribution in [0.5, 0.6) is 0 Å². The number of carbonyl (C=O) groups is 1. The zero-order valence-corrected chi connectivity index (χ0v) is 12.1. The second-order valence-corrected chi connectivity index (χ2v) is 4.98. The molecule has 0 saturated carbocycles. The number of aromatic amines is 1. The highest BCUT2D eigenvalue weighted by Gasteiger charge is 2.16. The normalized spacial score (nSPS) is 10.5. The third-order valence-electron chi connectivity index (χ3n) is 3.36. The number of aryl methyl sites for hydroxylation is 1. The molecular weight excluding hydrogens is 266 g/mol. The van der Waals surface area contributed by atoms with Crippen LogP contribution in [0.4, 0.5) is 0 Å². The van der Waals surface area contributed by atoms with E-state index in [1.807, 2.05) is 12.1 Å². The summed E-state index contributed by atoms with van der Waals surface area (Å²) in [5.41, 5.74) is 6.98. The molecule has 2 aromatic heterocycles. The number of hydrogen-bond donors (Lipinski definition) is 2. The Morgan fingerprint density at radius 1 is 1.38 bits per heavy atom. The minimum absolute atomic E-state index is 0.0118. The highest BCUT2D eigenvalue weighted by atomic mass is 16.2. The molecule has 0 fully saturated rings. The number of carbonyl (C=O) groups excluding carboxylic acids is 1. The first kappa shape index (κ1) is 15.0. The van der Waals surface area contributed by atoms with E-state index >= 15 is 0 Å². The standard InChI is InChI=1S/C16H19N3O2/c1-2-3-4-7-12-9-13(11-6-5-8-18-10-11)14(15(17)20)16(21)19-12/h5-6,8-10H,2-4,7H2,1H3,(H2,17,20)(H,19,21). The van der Waals surface area contributed by atoms with E-state index in [9.17, 15) is 9.59 Å². The van der Waals surface area contributed by atoms with Crippen molar-refractivity contribution in [1.29, 1.82) is 0 Å². The molecular formula is C16H19N3O2. The lowest BCUT2D eigenvalue weighted by Gasteiger charge is -2.09. The number of aromatic nitrogens is 2. The molecule has 0 aliphatic heterocycles. The van der Waals surface area contributed by atoms with Crippen molar-refractivity contribution in [3.63, 3.8) is 0 Å². The lowest BCUT2D eigenvalue weighted by Crippen LogP contribution is -2.25. The number of hydrogen-bond acceptors (Lipinski definition) is 3. The molecule has 3 N–H and O–H groups in total. The Hall–Kier alpha value is -2.43. The molecule has 0 atom stereocenters. The second-order valence-electron chi connectivity index (χ2n) is 4.98. The van der Waals surface area contributed by atoms with Gasteiger partial charge in [-0.1, -0.05) is 25.8 Å². The fourth-order valence-electron chi connectivity index (χ4n) is 2.31. The molecule has 0 radical (unpaired) electrons. The van der Waals surface area contributed by atoms with Crippen LogP contribution in [0.2, 0.25) is 0 Å². The fourth-order valence-corrected chi connectivity index (χ4v) is 2.31. The number of pyridine rings is 2. The van der Waals surface area contributed by atoms with Crippen molar-refractivity contribution in [2.75, 3.05) is 0 Å². The van der Waals surface area contributed by atoms with Crippen molar-refractivity contribution in [2.45, 2.75) is 32.6 Å². The minimum Gasteiger partial charge on any atom is -0.365 e. The molecule has 0 aliphatic carbocycles. The van der Waals surface area contributed by atoms with Crippen LogP contribution in [-0.2, 0) is 6.42 Å². The van der Waals surface area contributed by atoms with Crippen molar-refractivity contribution in [3.8, 4) is 11.1 Å². The zero-order valence-electron chi connectivity index (χ0n) is 12.1. The van der Waals surface area contributed by atoms with Crippen LogP contribution in [0.1, 0.15) is 42.2 Å². The summed E-state index contributed by atoms with van der Waals surface area (Å²) in [6.07, 6.45) is 7.24. The van der Waals surface area contributed by atoms with Gasteiger partial charge in [-0.3, -0.25) is 14.6 Å². The van der Waals surface area contributed by atoms with Crippen molar-refractivity contribution >= 4 is 5.91 Å². The molecule has 1 amide bonds. The topological polar surface area (TPSA) is 88.8 Å². The van der Waals surface area contributed by atoms with Crippen LogP contribution in [0.25, 0.3) is 11.1 Å². The van der Waals surface area contributed by atoms with Crippen LogP contribution in [0.15, 0.2) is 35.4 Å². The summed E-state index contributed by atoms with van der Waals surface area (Å²) in [6.45, 7) is 2.12. The molecule has 5 nitrogen and oxygen atoms in total. The number of primary amides is 1. The van der Waals surface area contributed by atoms with Crippen molar-refractivity contribution in [3.05, 3.63) is 52.2 Å². The third kappa shape index (κ3) is 3.56. The quantitative estimate of drug-likeness (QED) is 0.798. The van der Waals surface area contributed by atoms with E-state index in [4.69, 9.17) is 5.73 Å². The van der Waals surface area contributed by atoms with Crippen LogP contribution in [0.3, 0.4) is 0 Å². The monoisotopic (exact) mass is 285 g/mol. The molecule has 2 rings (SSSR count). The van der Waals surface area contributed by atoms with E-state index in [1.165, 1.54) is 0 Å². The number of H-pyrrole nitrogens is 1. The molecule has 2 aromatic rings. The Morgan fingerprint density at radius 2 is 2.19 bits per heavy atom. The SMILES string of the molecule is CCCCCc1cc(-c2cccnc2)c(C(N)=O)c(=O)[nH]1. The maximum Gasteiger partial charge on any atom is 0.261 e. The summed E-state index contributed by atoms with van der Waals surface area (Å²) in [7, 11) is 0. The smallest absolute Gasteiger partial charge is 0.261 e. The van der Waals surface area contributed by atoms with E-state index < -0.39 is 11.5 Å². The molecule has 0 aliphatic rings. The van der Waals surface area contributed by atoms with Gasteiger partial charge in [-0.15, -0.1) is 0 Å². The van der Waals surface area contributed by atoms with Gasteiger partial charge >= 0.3 is 0 Å². The van der Waals surface area contributed by atoms with Crippen LogP contribution < -0.4 is 11.3 Å². The lowest BCUT2D eigenvalue weighted by molar-refractivity contribution is 0.0999. The van der Waals surface area contributed by atoms with Gasteiger partial charge in [0.05, 0.1) is 0 Å². The van der Waals surface area contributed by atoms with E-state index in [1.54, 1.807) is 18.5 Å². The average molecular weight is 285 g/mol. The van der Waals surface area contributed by atoms with E-state index in [-0.39, 0.29) is 5.56 Å². The number of nitrogens with zero attached hydrogens (tertiary/aromatic N) is 1. The van der Waals surface area contributed by atoms with Gasteiger partial charge in [0.15, 0.2) is 0 Å². The van der Waals surface area contributed by atoms with Gasteiger partial charge < -0.3 is 10.7 Å². The largest absolute Gasteiger partial charge is 0.365 e. The maximum atomic E-state index is 12.1. The van der Waals surface area contributed by atoms with Gasteiger partial charge in [-0.2, -0.15) is 0 Å². The summed E-state index contributed by atoms with van der Waals surface area (Å²) in [6, 6.07) is 5.40. The van der Waals surface area contributed by atoms with E-state index in [0.29, 0.717) is 11.1 Å². The Morgan fingerprint density at radius 3 is 2.81 bits per heavy atom. The van der Waals surface area contributed by atoms with Gasteiger partial charge in [0, 0.05) is 29.2 Å². The Bertz CT molecular complexity index is 678. The Kier molecular flexibility index (Phi) is 4.87. The first-order chi connectivity index (χ1) is 10.1. The first-order valence-electron chi connectivity index (χ1n) is 7.10. The predicted molar refractivity (Wildman–Crippen MR) is 82.0 cm³/mol. The van der Waals surface area contributed by atoms with Crippen LogP contribution in [0, 0.1) is 0 Å². The summed E-state index contributed by atoms with van der Waals surface area (Å²) in [5, 5.41) is 0. The Labute approximate surface area is 123 Å². The number of rotatable bonds is 6. The zero-order chi connectivity index (χ0) is 15.2. The Balaban J connectivity index is 2.49. The molecule has 0 unspecified atom stereocenters. The maximum absolute atomic E-state index is 12.1. The fraction of sp³-hybridized carbons (Fsp3) is 0.312. The number of amides is 1. The predicted octanol–water partition coefficient (Wildman–Crippen LogP) is 2.27. The van der Waals surface area contributed by atoms with E-state index in [0.717, 1.165) is 31.4 Å². The van der Waals surface area contributed by atoms with Crippen LogP contribution in [-0.4, -0.2) is 15.9 Å². The van der Waals surface area contributed by atoms with Crippen molar-refractivity contribution < 1.29 is 4.79 Å². The summed E-state index contributed by atoms with van der Waals surface area (Å²) >= 11 is 0. The first-order valence-corrected chi connectivity index (χ1v) is 7.10. The average Bonchev–Trinajstić information content (AvgIpc) is 2.47.